The molecule has 0 unspecified atom stereocenters. The van der Waals surface area contributed by atoms with Gasteiger partial charge in [0.15, 0.2) is 9.84 Å². The average molecular weight is 221 g/mol. The van der Waals surface area contributed by atoms with Gasteiger partial charge in [-0.25, -0.2) is 8.42 Å². The molecule has 1 aromatic carbocycles. The summed E-state index contributed by atoms with van der Waals surface area (Å²) in [6.07, 6.45) is 4.59. The predicted molar refractivity (Wildman–Crippen MR) is 59.6 cm³/mol. The second-order valence-corrected chi connectivity index (χ2v) is 5.60. The standard InChI is InChI=1S/C11H11NO2S/c1-8-5-9-3-4-12-7-10(9)6-11(8)15(2,13)14/h3-7H,1-2H3. The Balaban J connectivity index is 2.84. The molecule has 0 amide bonds. The summed E-state index contributed by atoms with van der Waals surface area (Å²) in [5.41, 5.74) is 0.774. The lowest BCUT2D eigenvalue weighted by Gasteiger charge is -2.05. The molecule has 0 atom stereocenters. The van der Waals surface area contributed by atoms with Crippen LogP contribution in [0.25, 0.3) is 10.8 Å². The molecule has 0 aliphatic rings. The molecule has 2 aromatic rings. The van der Waals surface area contributed by atoms with E-state index in [4.69, 9.17) is 0 Å². The molecule has 2 rings (SSSR count). The van der Waals surface area contributed by atoms with Crippen molar-refractivity contribution in [1.29, 1.82) is 0 Å². The number of aromatic nitrogens is 1. The SMILES string of the molecule is Cc1cc2ccncc2cc1S(C)(=O)=O. The van der Waals surface area contributed by atoms with Gasteiger partial charge in [-0.2, -0.15) is 0 Å². The van der Waals surface area contributed by atoms with Crippen LogP contribution >= 0.6 is 0 Å². The molecule has 0 saturated carbocycles. The third kappa shape index (κ3) is 1.85. The van der Waals surface area contributed by atoms with Crippen LogP contribution in [0.4, 0.5) is 0 Å². The monoisotopic (exact) mass is 221 g/mol. The Hall–Kier alpha value is -1.42. The largest absolute Gasteiger partial charge is 0.264 e. The highest BCUT2D eigenvalue weighted by Gasteiger charge is 2.11. The van der Waals surface area contributed by atoms with Gasteiger partial charge in [-0.15, -0.1) is 0 Å². The Morgan fingerprint density at radius 3 is 2.60 bits per heavy atom. The first-order valence-electron chi connectivity index (χ1n) is 4.53. The Morgan fingerprint density at radius 1 is 1.20 bits per heavy atom. The predicted octanol–water partition coefficient (Wildman–Crippen LogP) is 1.95. The molecule has 4 heteroatoms. The molecular formula is C11H11NO2S. The number of sulfone groups is 1. The summed E-state index contributed by atoms with van der Waals surface area (Å²) in [7, 11) is -3.15. The Morgan fingerprint density at radius 2 is 1.93 bits per heavy atom. The summed E-state index contributed by atoms with van der Waals surface area (Å²) in [6.45, 7) is 1.80. The van der Waals surface area contributed by atoms with Gasteiger partial charge in [0.25, 0.3) is 0 Å². The van der Waals surface area contributed by atoms with Gasteiger partial charge < -0.3 is 0 Å². The lowest BCUT2D eigenvalue weighted by atomic mass is 10.1. The number of benzene rings is 1. The average Bonchev–Trinajstić information content (AvgIpc) is 2.15. The lowest BCUT2D eigenvalue weighted by molar-refractivity contribution is 0.601. The molecule has 0 bridgehead atoms. The molecular weight excluding hydrogens is 210 g/mol. The summed E-state index contributed by atoms with van der Waals surface area (Å²) in [5, 5.41) is 1.86. The molecule has 1 heterocycles. The van der Waals surface area contributed by atoms with Gasteiger partial charge in [0.1, 0.15) is 0 Å². The molecule has 0 aliphatic carbocycles. The van der Waals surface area contributed by atoms with Crippen molar-refractivity contribution in [3.63, 3.8) is 0 Å². The van der Waals surface area contributed by atoms with Crippen LogP contribution < -0.4 is 0 Å². The fourth-order valence-corrected chi connectivity index (χ4v) is 2.61. The highest BCUT2D eigenvalue weighted by molar-refractivity contribution is 7.90. The van der Waals surface area contributed by atoms with Gasteiger partial charge in [-0.05, 0) is 30.0 Å². The van der Waals surface area contributed by atoms with E-state index in [0.717, 1.165) is 16.3 Å². The molecule has 0 radical (unpaired) electrons. The first-order chi connectivity index (χ1) is 6.98. The number of rotatable bonds is 1. The number of nitrogens with zero attached hydrogens (tertiary/aromatic N) is 1. The van der Waals surface area contributed by atoms with Crippen LogP contribution in [0.15, 0.2) is 35.5 Å². The van der Waals surface area contributed by atoms with E-state index in [1.165, 1.54) is 6.26 Å². The normalized spacial score (nSPS) is 11.9. The second kappa shape index (κ2) is 3.31. The zero-order chi connectivity index (χ0) is 11.1. The van der Waals surface area contributed by atoms with Crippen molar-refractivity contribution < 1.29 is 8.42 Å². The number of hydrogen-bond acceptors (Lipinski definition) is 3. The van der Waals surface area contributed by atoms with Gasteiger partial charge in [0, 0.05) is 24.0 Å². The van der Waals surface area contributed by atoms with E-state index in [-0.39, 0.29) is 0 Å². The third-order valence-electron chi connectivity index (χ3n) is 2.33. The summed E-state index contributed by atoms with van der Waals surface area (Å²) >= 11 is 0. The topological polar surface area (TPSA) is 47.0 Å². The maximum atomic E-state index is 11.5. The van der Waals surface area contributed by atoms with E-state index >= 15 is 0 Å². The molecule has 0 saturated heterocycles. The third-order valence-corrected chi connectivity index (χ3v) is 3.57. The number of pyridine rings is 1. The van der Waals surface area contributed by atoms with Gasteiger partial charge >= 0.3 is 0 Å². The second-order valence-electron chi connectivity index (χ2n) is 3.61. The maximum absolute atomic E-state index is 11.5. The highest BCUT2D eigenvalue weighted by Crippen LogP contribution is 2.22. The fraction of sp³-hybridized carbons (Fsp3) is 0.182. The molecule has 0 fully saturated rings. The molecule has 3 nitrogen and oxygen atoms in total. The highest BCUT2D eigenvalue weighted by atomic mass is 32.2. The molecule has 78 valence electrons. The molecule has 15 heavy (non-hydrogen) atoms. The van der Waals surface area contributed by atoms with Crippen LogP contribution in [0.1, 0.15) is 5.56 Å². The van der Waals surface area contributed by atoms with Crippen molar-refractivity contribution in [1.82, 2.24) is 4.98 Å². The van der Waals surface area contributed by atoms with Gasteiger partial charge in [-0.1, -0.05) is 6.07 Å². The van der Waals surface area contributed by atoms with E-state index in [2.05, 4.69) is 4.98 Å². The van der Waals surface area contributed by atoms with Crippen LogP contribution in [-0.4, -0.2) is 19.7 Å². The van der Waals surface area contributed by atoms with E-state index in [1.54, 1.807) is 25.4 Å². The molecule has 0 spiro atoms. The number of hydrogen-bond donors (Lipinski definition) is 0. The van der Waals surface area contributed by atoms with Gasteiger partial charge in [0.05, 0.1) is 4.90 Å². The number of aryl methyl sites for hydroxylation is 1. The van der Waals surface area contributed by atoms with Crippen molar-refractivity contribution in [2.75, 3.05) is 6.26 Å². The first kappa shape index (κ1) is 10.1. The van der Waals surface area contributed by atoms with Crippen molar-refractivity contribution in [2.24, 2.45) is 0 Å². The Kier molecular flexibility index (Phi) is 2.23. The fourth-order valence-electron chi connectivity index (χ4n) is 1.63. The summed E-state index contributed by atoms with van der Waals surface area (Å²) < 4.78 is 23.0. The zero-order valence-electron chi connectivity index (χ0n) is 8.56. The Labute approximate surface area is 88.7 Å². The van der Waals surface area contributed by atoms with Crippen LogP contribution in [0.2, 0.25) is 0 Å². The zero-order valence-corrected chi connectivity index (χ0v) is 9.38. The summed E-state index contributed by atoms with van der Waals surface area (Å²) in [5.74, 6) is 0. The molecule has 0 N–H and O–H groups in total. The van der Waals surface area contributed by atoms with E-state index in [0.29, 0.717) is 4.90 Å². The van der Waals surface area contributed by atoms with Crippen LogP contribution in [0.5, 0.6) is 0 Å². The smallest absolute Gasteiger partial charge is 0.175 e. The minimum absolute atomic E-state index is 0.378. The van der Waals surface area contributed by atoms with Crippen LogP contribution in [0, 0.1) is 6.92 Å². The van der Waals surface area contributed by atoms with Crippen molar-refractivity contribution in [3.8, 4) is 0 Å². The van der Waals surface area contributed by atoms with Crippen molar-refractivity contribution in [2.45, 2.75) is 11.8 Å². The van der Waals surface area contributed by atoms with Crippen LogP contribution in [0.3, 0.4) is 0 Å². The maximum Gasteiger partial charge on any atom is 0.175 e. The summed E-state index contributed by atoms with van der Waals surface area (Å²) in [4.78, 5) is 4.35. The number of fused-ring (bicyclic) bond motifs is 1. The minimum atomic E-state index is -3.15. The van der Waals surface area contributed by atoms with Crippen LogP contribution in [-0.2, 0) is 9.84 Å². The minimum Gasteiger partial charge on any atom is -0.264 e. The van der Waals surface area contributed by atoms with E-state index in [9.17, 15) is 8.42 Å². The Bertz CT molecular complexity index is 618. The van der Waals surface area contributed by atoms with Crippen molar-refractivity contribution in [3.05, 3.63) is 36.2 Å². The quantitative estimate of drug-likeness (QED) is 0.739. The lowest BCUT2D eigenvalue weighted by Crippen LogP contribution is -1.99. The first-order valence-corrected chi connectivity index (χ1v) is 6.42. The molecule has 0 aliphatic heterocycles. The molecule has 1 aromatic heterocycles. The van der Waals surface area contributed by atoms with Gasteiger partial charge in [-0.3, -0.25) is 4.98 Å². The van der Waals surface area contributed by atoms with E-state index < -0.39 is 9.84 Å². The van der Waals surface area contributed by atoms with Crippen molar-refractivity contribution >= 4 is 20.6 Å². The van der Waals surface area contributed by atoms with E-state index in [1.807, 2.05) is 12.1 Å². The van der Waals surface area contributed by atoms with Gasteiger partial charge in [0.2, 0.25) is 0 Å². The summed E-state index contributed by atoms with van der Waals surface area (Å²) in [6, 6.07) is 5.41.